The van der Waals surface area contributed by atoms with Crippen LogP contribution in [0.15, 0.2) is 6.07 Å². The van der Waals surface area contributed by atoms with Gasteiger partial charge in [-0.25, -0.2) is 9.97 Å². The molecule has 0 saturated heterocycles. The Morgan fingerprint density at radius 2 is 2.05 bits per heavy atom. The highest BCUT2D eigenvalue weighted by Gasteiger charge is 2.25. The zero-order valence-electron chi connectivity index (χ0n) is 12.1. The normalized spacial score (nSPS) is 26.9. The molecule has 0 amide bonds. The molecule has 108 valence electrons. The molecule has 1 N–H and O–H groups in total. The molecule has 3 rings (SSSR count). The Kier molecular flexibility index (Phi) is 3.87. The van der Waals surface area contributed by atoms with Crippen molar-refractivity contribution in [2.75, 3.05) is 5.32 Å². The molecular weight excluding hydrogens is 290 g/mol. The quantitative estimate of drug-likeness (QED) is 0.803. The highest BCUT2D eigenvalue weighted by atomic mass is 35.5. The van der Waals surface area contributed by atoms with Crippen molar-refractivity contribution in [3.63, 3.8) is 0 Å². The van der Waals surface area contributed by atoms with E-state index in [2.05, 4.69) is 42.1 Å². The van der Waals surface area contributed by atoms with E-state index in [4.69, 9.17) is 11.6 Å². The summed E-state index contributed by atoms with van der Waals surface area (Å²) >= 11 is 7.71. The van der Waals surface area contributed by atoms with Crippen LogP contribution in [-0.2, 0) is 0 Å². The Labute approximate surface area is 128 Å². The first-order valence-electron chi connectivity index (χ1n) is 7.23. The van der Waals surface area contributed by atoms with Crippen molar-refractivity contribution in [2.24, 2.45) is 11.8 Å². The molecule has 1 saturated carbocycles. The maximum absolute atomic E-state index is 6.05. The van der Waals surface area contributed by atoms with Crippen molar-refractivity contribution >= 4 is 39.0 Å². The number of aryl methyl sites for hydroxylation is 1. The Bertz CT molecular complexity index is 625. The summed E-state index contributed by atoms with van der Waals surface area (Å²) in [4.78, 5) is 10.9. The van der Waals surface area contributed by atoms with E-state index in [1.165, 1.54) is 24.1 Å². The van der Waals surface area contributed by atoms with Crippen molar-refractivity contribution in [1.82, 2.24) is 9.97 Å². The van der Waals surface area contributed by atoms with Gasteiger partial charge in [0.2, 0.25) is 5.28 Å². The molecule has 2 aromatic heterocycles. The molecule has 3 nitrogen and oxygen atoms in total. The molecule has 0 radical (unpaired) electrons. The van der Waals surface area contributed by atoms with Crippen LogP contribution >= 0.6 is 22.9 Å². The van der Waals surface area contributed by atoms with E-state index >= 15 is 0 Å². The minimum atomic E-state index is 0.332. The van der Waals surface area contributed by atoms with Crippen molar-refractivity contribution in [2.45, 2.75) is 46.1 Å². The molecule has 2 aromatic rings. The molecule has 2 heterocycles. The highest BCUT2D eigenvalue weighted by Crippen LogP contribution is 2.34. The first-order chi connectivity index (χ1) is 9.52. The fourth-order valence-electron chi connectivity index (χ4n) is 3.00. The largest absolute Gasteiger partial charge is 0.367 e. The first kappa shape index (κ1) is 14.1. The molecule has 0 aliphatic heterocycles. The van der Waals surface area contributed by atoms with Gasteiger partial charge in [-0.05, 0) is 55.7 Å². The number of anilines is 1. The Morgan fingerprint density at radius 3 is 2.80 bits per heavy atom. The predicted octanol–water partition coefficient (Wildman–Crippen LogP) is 4.89. The van der Waals surface area contributed by atoms with Gasteiger partial charge in [0.25, 0.3) is 0 Å². The molecule has 0 spiro atoms. The van der Waals surface area contributed by atoms with Gasteiger partial charge in [-0.1, -0.05) is 13.8 Å². The highest BCUT2D eigenvalue weighted by molar-refractivity contribution is 7.18. The van der Waals surface area contributed by atoms with Gasteiger partial charge >= 0.3 is 0 Å². The van der Waals surface area contributed by atoms with Gasteiger partial charge in [-0.2, -0.15) is 0 Å². The average molecular weight is 310 g/mol. The number of halogens is 1. The van der Waals surface area contributed by atoms with E-state index in [9.17, 15) is 0 Å². The molecule has 1 aliphatic carbocycles. The summed E-state index contributed by atoms with van der Waals surface area (Å²) < 4.78 is 0. The van der Waals surface area contributed by atoms with Crippen LogP contribution in [0.1, 0.15) is 38.0 Å². The second-order valence-corrected chi connectivity index (χ2v) is 7.60. The van der Waals surface area contributed by atoms with Crippen LogP contribution in [0.2, 0.25) is 5.28 Å². The maximum Gasteiger partial charge on any atom is 0.225 e. The van der Waals surface area contributed by atoms with E-state index in [1.807, 2.05) is 0 Å². The van der Waals surface area contributed by atoms with Crippen molar-refractivity contribution in [3.05, 3.63) is 16.2 Å². The van der Waals surface area contributed by atoms with E-state index < -0.39 is 0 Å². The fraction of sp³-hybridized carbons (Fsp3) is 0.600. The van der Waals surface area contributed by atoms with Crippen LogP contribution in [0.3, 0.4) is 0 Å². The van der Waals surface area contributed by atoms with E-state index in [0.29, 0.717) is 11.3 Å². The third-order valence-electron chi connectivity index (χ3n) is 4.43. The minimum Gasteiger partial charge on any atom is -0.367 e. The molecule has 3 unspecified atom stereocenters. The van der Waals surface area contributed by atoms with Crippen molar-refractivity contribution < 1.29 is 0 Å². The number of rotatable bonds is 2. The Morgan fingerprint density at radius 1 is 1.25 bits per heavy atom. The fourth-order valence-corrected chi connectivity index (χ4v) is 4.10. The second-order valence-electron chi connectivity index (χ2n) is 6.03. The first-order valence-corrected chi connectivity index (χ1v) is 8.42. The predicted molar refractivity (Wildman–Crippen MR) is 86.8 cm³/mol. The molecule has 20 heavy (non-hydrogen) atoms. The van der Waals surface area contributed by atoms with Gasteiger partial charge in [-0.3, -0.25) is 0 Å². The molecule has 3 atom stereocenters. The topological polar surface area (TPSA) is 37.8 Å². The second kappa shape index (κ2) is 5.49. The van der Waals surface area contributed by atoms with Crippen LogP contribution < -0.4 is 5.32 Å². The van der Waals surface area contributed by atoms with Gasteiger partial charge in [0, 0.05) is 10.9 Å². The lowest BCUT2D eigenvalue weighted by molar-refractivity contribution is 0.260. The van der Waals surface area contributed by atoms with Crippen LogP contribution in [0.4, 0.5) is 5.82 Å². The lowest BCUT2D eigenvalue weighted by Crippen LogP contribution is -2.30. The average Bonchev–Trinajstić information content (AvgIpc) is 2.74. The number of fused-ring (bicyclic) bond motifs is 1. The summed E-state index contributed by atoms with van der Waals surface area (Å²) in [5.41, 5.74) is 0. The minimum absolute atomic E-state index is 0.332. The van der Waals surface area contributed by atoms with E-state index in [0.717, 1.165) is 27.9 Å². The number of hydrogen-bond donors (Lipinski definition) is 1. The van der Waals surface area contributed by atoms with Crippen molar-refractivity contribution in [3.8, 4) is 0 Å². The van der Waals surface area contributed by atoms with E-state index in [-0.39, 0.29) is 0 Å². The summed E-state index contributed by atoms with van der Waals surface area (Å²) in [6.07, 6.45) is 3.69. The lowest BCUT2D eigenvalue weighted by Gasteiger charge is -2.32. The molecule has 5 heteroatoms. The van der Waals surface area contributed by atoms with Gasteiger partial charge in [0.15, 0.2) is 0 Å². The number of aromatic nitrogens is 2. The van der Waals surface area contributed by atoms with Gasteiger partial charge in [0.05, 0.1) is 5.39 Å². The number of thiophene rings is 1. The summed E-state index contributed by atoms with van der Waals surface area (Å²) in [6, 6.07) is 2.64. The van der Waals surface area contributed by atoms with Crippen LogP contribution in [-0.4, -0.2) is 16.0 Å². The number of hydrogen-bond acceptors (Lipinski definition) is 4. The van der Waals surface area contributed by atoms with Crippen LogP contribution in [0, 0.1) is 18.8 Å². The van der Waals surface area contributed by atoms with E-state index in [1.54, 1.807) is 11.3 Å². The zero-order chi connectivity index (χ0) is 14.3. The smallest absolute Gasteiger partial charge is 0.225 e. The summed E-state index contributed by atoms with van der Waals surface area (Å²) in [5, 5.41) is 5.03. The third kappa shape index (κ3) is 2.77. The molecular formula is C15H20ClN3S. The monoisotopic (exact) mass is 309 g/mol. The van der Waals surface area contributed by atoms with Crippen LogP contribution in [0.5, 0.6) is 0 Å². The number of nitrogens with zero attached hydrogens (tertiary/aromatic N) is 2. The molecule has 0 aromatic carbocycles. The zero-order valence-corrected chi connectivity index (χ0v) is 13.7. The third-order valence-corrected chi connectivity index (χ3v) is 5.54. The summed E-state index contributed by atoms with van der Waals surface area (Å²) in [5.74, 6) is 2.49. The van der Waals surface area contributed by atoms with Gasteiger partial charge < -0.3 is 5.32 Å². The molecule has 0 bridgehead atoms. The summed E-state index contributed by atoms with van der Waals surface area (Å²) in [6.45, 7) is 6.78. The van der Waals surface area contributed by atoms with Gasteiger partial charge in [0.1, 0.15) is 10.6 Å². The lowest BCUT2D eigenvalue weighted by atomic mass is 9.79. The molecule has 1 fully saturated rings. The number of nitrogens with one attached hydrogen (secondary N) is 1. The maximum atomic E-state index is 6.05. The van der Waals surface area contributed by atoms with Crippen LogP contribution in [0.25, 0.3) is 10.2 Å². The van der Waals surface area contributed by atoms with Gasteiger partial charge in [-0.15, -0.1) is 11.3 Å². The Hall–Kier alpha value is -0.870. The Balaban J connectivity index is 1.87. The summed E-state index contributed by atoms with van der Waals surface area (Å²) in [7, 11) is 0. The SMILES string of the molecule is Cc1cc2c(NC3CCC(C)C(C)C3)nc(Cl)nc2s1. The van der Waals surface area contributed by atoms with Crippen molar-refractivity contribution in [1.29, 1.82) is 0 Å². The molecule has 1 aliphatic rings. The standard InChI is InChI=1S/C15H20ClN3S/c1-8-4-5-11(6-9(8)2)17-13-12-7-10(3)20-14(12)19-15(16)18-13/h7-9,11H,4-6H2,1-3H3,(H,17,18,19).